The number of hydrogen-bond donors (Lipinski definition) is 0. The molecule has 21 heavy (non-hydrogen) atoms. The van der Waals surface area contributed by atoms with Crippen molar-refractivity contribution in [2.45, 2.75) is 38.7 Å². The summed E-state index contributed by atoms with van der Waals surface area (Å²) in [6.45, 7) is 3.96. The Labute approximate surface area is 126 Å². The number of pyridine rings is 1. The summed E-state index contributed by atoms with van der Waals surface area (Å²) in [6.07, 6.45) is 8.48. The molecule has 1 saturated heterocycles. The molecule has 1 aliphatic rings. The molecule has 0 amide bonds. The van der Waals surface area contributed by atoms with E-state index in [4.69, 9.17) is 9.47 Å². The summed E-state index contributed by atoms with van der Waals surface area (Å²) in [7, 11) is 0. The van der Waals surface area contributed by atoms with Gasteiger partial charge in [0, 0.05) is 42.3 Å². The van der Waals surface area contributed by atoms with Gasteiger partial charge < -0.3 is 9.47 Å². The summed E-state index contributed by atoms with van der Waals surface area (Å²) in [5.74, 6) is 1.59. The van der Waals surface area contributed by atoms with Crippen molar-refractivity contribution in [2.75, 3.05) is 13.2 Å². The Morgan fingerprint density at radius 2 is 2.14 bits per heavy atom. The third kappa shape index (κ3) is 3.35. The smallest absolute Gasteiger partial charge is 0.127 e. The Morgan fingerprint density at radius 1 is 1.29 bits per heavy atom. The van der Waals surface area contributed by atoms with Gasteiger partial charge in [-0.3, -0.25) is 4.98 Å². The first-order valence-corrected chi connectivity index (χ1v) is 7.95. The van der Waals surface area contributed by atoms with Crippen molar-refractivity contribution < 1.29 is 9.47 Å². The average molecular weight is 285 g/mol. The van der Waals surface area contributed by atoms with Crippen LogP contribution in [-0.2, 0) is 4.74 Å². The van der Waals surface area contributed by atoms with Gasteiger partial charge in [-0.15, -0.1) is 0 Å². The van der Waals surface area contributed by atoms with Crippen molar-refractivity contribution in [3.63, 3.8) is 0 Å². The van der Waals surface area contributed by atoms with E-state index in [1.54, 1.807) is 0 Å². The summed E-state index contributed by atoms with van der Waals surface area (Å²) in [5, 5.41) is 2.29. The van der Waals surface area contributed by atoms with Crippen molar-refractivity contribution in [2.24, 2.45) is 5.92 Å². The van der Waals surface area contributed by atoms with Crippen LogP contribution in [-0.4, -0.2) is 24.3 Å². The maximum Gasteiger partial charge on any atom is 0.127 e. The van der Waals surface area contributed by atoms with E-state index < -0.39 is 0 Å². The van der Waals surface area contributed by atoms with Gasteiger partial charge in [-0.05, 0) is 31.4 Å². The molecule has 112 valence electrons. The van der Waals surface area contributed by atoms with Gasteiger partial charge in [-0.2, -0.15) is 0 Å². The molecule has 2 aromatic rings. The highest BCUT2D eigenvalue weighted by Crippen LogP contribution is 2.30. The second kappa shape index (κ2) is 6.90. The lowest BCUT2D eigenvalue weighted by molar-refractivity contribution is 0.0154. The Kier molecular flexibility index (Phi) is 4.71. The van der Waals surface area contributed by atoms with Gasteiger partial charge in [0.25, 0.3) is 0 Å². The van der Waals surface area contributed by atoms with Gasteiger partial charge in [0.2, 0.25) is 0 Å². The molecule has 0 bridgehead atoms. The zero-order valence-corrected chi connectivity index (χ0v) is 12.6. The summed E-state index contributed by atoms with van der Waals surface area (Å²) in [5.41, 5.74) is 0. The largest absolute Gasteiger partial charge is 0.489 e. The van der Waals surface area contributed by atoms with E-state index in [-0.39, 0.29) is 6.10 Å². The van der Waals surface area contributed by atoms with Gasteiger partial charge in [-0.1, -0.05) is 25.5 Å². The normalized spacial score (nSPS) is 17.8. The van der Waals surface area contributed by atoms with Crippen LogP contribution in [0.2, 0.25) is 0 Å². The second-order valence-corrected chi connectivity index (χ2v) is 5.75. The Balaban J connectivity index is 1.83. The zero-order valence-electron chi connectivity index (χ0n) is 12.6. The van der Waals surface area contributed by atoms with Gasteiger partial charge in [0.15, 0.2) is 0 Å². The van der Waals surface area contributed by atoms with Crippen LogP contribution in [0, 0.1) is 5.92 Å². The molecule has 1 atom stereocenters. The third-order valence-electron chi connectivity index (χ3n) is 4.28. The molecule has 0 aliphatic carbocycles. The second-order valence-electron chi connectivity index (χ2n) is 5.75. The molecule has 3 nitrogen and oxygen atoms in total. The highest BCUT2D eigenvalue weighted by atomic mass is 16.5. The lowest BCUT2D eigenvalue weighted by atomic mass is 9.91. The van der Waals surface area contributed by atoms with Crippen molar-refractivity contribution in [3.8, 4) is 5.75 Å². The van der Waals surface area contributed by atoms with Crippen LogP contribution in [0.3, 0.4) is 0 Å². The fraction of sp³-hybridized carbons (Fsp3) is 0.500. The molecule has 1 aromatic carbocycles. The van der Waals surface area contributed by atoms with Gasteiger partial charge >= 0.3 is 0 Å². The zero-order chi connectivity index (χ0) is 14.5. The number of benzene rings is 1. The maximum atomic E-state index is 6.42. The monoisotopic (exact) mass is 285 g/mol. The molecule has 0 N–H and O–H groups in total. The maximum absolute atomic E-state index is 6.42. The molecule has 1 aliphatic heterocycles. The van der Waals surface area contributed by atoms with Crippen molar-refractivity contribution in [3.05, 3.63) is 36.7 Å². The van der Waals surface area contributed by atoms with Crippen LogP contribution in [0.1, 0.15) is 32.6 Å². The quantitative estimate of drug-likeness (QED) is 0.824. The Morgan fingerprint density at radius 3 is 2.95 bits per heavy atom. The van der Waals surface area contributed by atoms with E-state index >= 15 is 0 Å². The van der Waals surface area contributed by atoms with Crippen LogP contribution >= 0.6 is 0 Å². The molecule has 1 fully saturated rings. The van der Waals surface area contributed by atoms with E-state index in [0.717, 1.165) is 55.4 Å². The first-order valence-electron chi connectivity index (χ1n) is 7.95. The summed E-state index contributed by atoms with van der Waals surface area (Å²) >= 11 is 0. The molecule has 3 rings (SSSR count). The average Bonchev–Trinajstić information content (AvgIpc) is 2.55. The molecule has 3 heteroatoms. The van der Waals surface area contributed by atoms with Crippen LogP contribution in [0.5, 0.6) is 5.75 Å². The minimum Gasteiger partial charge on any atom is -0.489 e. The fourth-order valence-corrected chi connectivity index (χ4v) is 3.12. The van der Waals surface area contributed by atoms with Crippen LogP contribution in [0.4, 0.5) is 0 Å². The summed E-state index contributed by atoms with van der Waals surface area (Å²) in [6, 6.07) is 8.24. The van der Waals surface area contributed by atoms with Crippen LogP contribution in [0.15, 0.2) is 36.7 Å². The van der Waals surface area contributed by atoms with Gasteiger partial charge in [-0.25, -0.2) is 0 Å². The number of ether oxygens (including phenoxy) is 2. The van der Waals surface area contributed by atoms with E-state index in [1.807, 2.05) is 24.5 Å². The summed E-state index contributed by atoms with van der Waals surface area (Å²) < 4.78 is 11.9. The number of rotatable bonds is 5. The lowest BCUT2D eigenvalue weighted by Crippen LogP contribution is -2.31. The molecule has 0 spiro atoms. The number of nitrogens with zero attached hydrogens (tertiary/aromatic N) is 1. The van der Waals surface area contributed by atoms with E-state index in [0.29, 0.717) is 5.92 Å². The van der Waals surface area contributed by atoms with Gasteiger partial charge in [0.1, 0.15) is 11.9 Å². The predicted octanol–water partition coefficient (Wildman–Crippen LogP) is 4.21. The number of aromatic nitrogens is 1. The molecule has 1 unspecified atom stereocenters. The standard InChI is InChI=1S/C18H23NO2/c1-2-4-17(14-8-11-20-12-9-14)21-18-6-3-5-15-13-19-10-7-16(15)18/h3,5-7,10,13-14,17H,2,4,8-9,11-12H2,1H3. The predicted molar refractivity (Wildman–Crippen MR) is 84.6 cm³/mol. The molecule has 0 saturated carbocycles. The Hall–Kier alpha value is -1.61. The highest BCUT2D eigenvalue weighted by molar-refractivity contribution is 5.87. The molecular formula is C18H23NO2. The van der Waals surface area contributed by atoms with E-state index in [1.165, 1.54) is 0 Å². The van der Waals surface area contributed by atoms with Crippen molar-refractivity contribution >= 4 is 10.8 Å². The van der Waals surface area contributed by atoms with Crippen molar-refractivity contribution in [1.82, 2.24) is 4.98 Å². The van der Waals surface area contributed by atoms with Gasteiger partial charge in [0.05, 0.1) is 0 Å². The minimum absolute atomic E-state index is 0.290. The van der Waals surface area contributed by atoms with Crippen LogP contribution < -0.4 is 4.74 Å². The number of hydrogen-bond acceptors (Lipinski definition) is 3. The summed E-state index contributed by atoms with van der Waals surface area (Å²) in [4.78, 5) is 4.19. The third-order valence-corrected chi connectivity index (χ3v) is 4.28. The van der Waals surface area contributed by atoms with E-state index in [9.17, 15) is 0 Å². The van der Waals surface area contributed by atoms with E-state index in [2.05, 4.69) is 24.0 Å². The highest BCUT2D eigenvalue weighted by Gasteiger charge is 2.25. The first kappa shape index (κ1) is 14.3. The minimum atomic E-state index is 0.290. The fourth-order valence-electron chi connectivity index (χ4n) is 3.12. The Bertz CT molecular complexity index is 573. The first-order chi connectivity index (χ1) is 10.4. The lowest BCUT2D eigenvalue weighted by Gasteiger charge is -2.31. The topological polar surface area (TPSA) is 31.4 Å². The van der Waals surface area contributed by atoms with Crippen LogP contribution in [0.25, 0.3) is 10.8 Å². The molecule has 1 aromatic heterocycles. The number of fused-ring (bicyclic) bond motifs is 1. The molecular weight excluding hydrogens is 262 g/mol. The molecule has 2 heterocycles. The SMILES string of the molecule is CCCC(Oc1cccc2cnccc12)C1CCOCC1. The van der Waals surface area contributed by atoms with Crippen molar-refractivity contribution in [1.29, 1.82) is 0 Å². The molecule has 0 radical (unpaired) electrons.